The zero-order valence-electron chi connectivity index (χ0n) is 8.81. The van der Waals surface area contributed by atoms with E-state index in [1.54, 1.807) is 6.92 Å². The Bertz CT molecular complexity index is 181. The summed E-state index contributed by atoms with van der Waals surface area (Å²) >= 11 is 0. The molecule has 80 valence electrons. The Morgan fingerprint density at radius 1 is 0.600 bits per heavy atom. The third kappa shape index (κ3) is 12.9. The third-order valence-corrected chi connectivity index (χ3v) is 1.21. The molecule has 0 aromatic heterocycles. The zero-order chi connectivity index (χ0) is 10.5. The van der Waals surface area contributed by atoms with Gasteiger partial charge in [-0.05, 0) is 0 Å². The molecule has 0 fully saturated rings. The predicted molar refractivity (Wildman–Crippen MR) is 61.6 cm³/mol. The van der Waals surface area contributed by atoms with Crippen LogP contribution in [0.25, 0.3) is 0 Å². The van der Waals surface area contributed by atoms with E-state index in [1.807, 2.05) is 60.7 Å². The van der Waals surface area contributed by atoms with Gasteiger partial charge in [-0.2, -0.15) is 79.7 Å². The van der Waals surface area contributed by atoms with E-state index >= 15 is 0 Å². The van der Waals surface area contributed by atoms with Crippen LogP contribution in [-0.2, 0) is 16.8 Å². The van der Waals surface area contributed by atoms with Gasteiger partial charge in [0.25, 0.3) is 0 Å². The number of hydrogen-bond donors (Lipinski definition) is 0. The summed E-state index contributed by atoms with van der Waals surface area (Å²) in [5.74, 6) is 0. The molecule has 0 bridgehead atoms. The SMILES string of the molecule is [CH2-]C.[Co+3].[c-]1ccccc1.[c-]1ccccc1. The van der Waals surface area contributed by atoms with Crippen LogP contribution in [0.1, 0.15) is 6.92 Å². The Morgan fingerprint density at radius 2 is 0.867 bits per heavy atom. The van der Waals surface area contributed by atoms with Crippen LogP contribution in [-0.4, -0.2) is 0 Å². The van der Waals surface area contributed by atoms with Crippen LogP contribution in [0.2, 0.25) is 0 Å². The second kappa shape index (κ2) is 15.4. The van der Waals surface area contributed by atoms with Gasteiger partial charge in [-0.25, -0.2) is 0 Å². The molecule has 0 saturated carbocycles. The molecule has 0 aliphatic rings. The fraction of sp³-hybridized carbons (Fsp3) is 0.0714. The molecule has 2 rings (SSSR count). The molecule has 2 aromatic carbocycles. The minimum absolute atomic E-state index is 0. The summed E-state index contributed by atoms with van der Waals surface area (Å²) in [4.78, 5) is 0. The fourth-order valence-corrected chi connectivity index (χ4v) is 0.684. The Morgan fingerprint density at radius 3 is 0.933 bits per heavy atom. The van der Waals surface area contributed by atoms with Crippen molar-refractivity contribution in [2.75, 3.05) is 0 Å². The van der Waals surface area contributed by atoms with Crippen LogP contribution in [0, 0.1) is 19.1 Å². The molecule has 0 aliphatic heterocycles. The van der Waals surface area contributed by atoms with Gasteiger partial charge in [-0.15, -0.1) is 0 Å². The quantitative estimate of drug-likeness (QED) is 0.616. The molecule has 0 aliphatic carbocycles. The normalized spacial score (nSPS) is 6.80. The summed E-state index contributed by atoms with van der Waals surface area (Å²) < 4.78 is 0. The van der Waals surface area contributed by atoms with Gasteiger partial charge >= 0.3 is 16.8 Å². The predicted octanol–water partition coefficient (Wildman–Crippen LogP) is 3.81. The summed E-state index contributed by atoms with van der Waals surface area (Å²) in [5, 5.41) is 0. The largest absolute Gasteiger partial charge is 3.00 e. The molecule has 0 unspecified atom stereocenters. The van der Waals surface area contributed by atoms with E-state index in [-0.39, 0.29) is 16.8 Å². The average Bonchev–Trinajstić information content (AvgIpc) is 2.37. The first-order chi connectivity index (χ1) is 7.00. The first-order valence-electron chi connectivity index (χ1n) is 4.53. The van der Waals surface area contributed by atoms with Gasteiger partial charge in [-0.3, -0.25) is 0 Å². The number of rotatable bonds is 0. The van der Waals surface area contributed by atoms with E-state index in [4.69, 9.17) is 0 Å². The van der Waals surface area contributed by atoms with Gasteiger partial charge in [-0.1, -0.05) is 0 Å². The smallest absolute Gasteiger partial charge is 0.346 e. The minimum Gasteiger partial charge on any atom is -0.346 e. The third-order valence-electron chi connectivity index (χ3n) is 1.21. The van der Waals surface area contributed by atoms with Crippen LogP contribution >= 0.6 is 0 Å². The average molecular weight is 242 g/mol. The van der Waals surface area contributed by atoms with Gasteiger partial charge in [0.1, 0.15) is 0 Å². The summed E-state index contributed by atoms with van der Waals surface area (Å²) in [5.41, 5.74) is 0. The first-order valence-corrected chi connectivity index (χ1v) is 4.53. The van der Waals surface area contributed by atoms with E-state index in [2.05, 4.69) is 19.1 Å². The van der Waals surface area contributed by atoms with Crippen molar-refractivity contribution < 1.29 is 16.8 Å². The Hall–Kier alpha value is -1.05. The molecule has 0 atom stereocenters. The van der Waals surface area contributed by atoms with Crippen molar-refractivity contribution in [3.05, 3.63) is 79.7 Å². The molecule has 0 N–H and O–H groups in total. The molecule has 2 aromatic rings. The second-order valence-corrected chi connectivity index (χ2v) is 2.15. The summed E-state index contributed by atoms with van der Waals surface area (Å²) in [6.45, 7) is 5.00. The van der Waals surface area contributed by atoms with Crippen LogP contribution in [0.15, 0.2) is 60.7 Å². The van der Waals surface area contributed by atoms with Crippen molar-refractivity contribution in [2.45, 2.75) is 6.92 Å². The number of hydrogen-bond acceptors (Lipinski definition) is 0. The molecule has 0 radical (unpaired) electrons. The van der Waals surface area contributed by atoms with Gasteiger partial charge in [0.2, 0.25) is 0 Å². The molecule has 0 nitrogen and oxygen atoms in total. The van der Waals surface area contributed by atoms with Gasteiger partial charge < -0.3 is 6.92 Å². The fourth-order valence-electron chi connectivity index (χ4n) is 0.684. The topological polar surface area (TPSA) is 0 Å². The van der Waals surface area contributed by atoms with Crippen molar-refractivity contribution in [1.82, 2.24) is 0 Å². The van der Waals surface area contributed by atoms with Crippen LogP contribution in [0.5, 0.6) is 0 Å². The van der Waals surface area contributed by atoms with E-state index < -0.39 is 0 Å². The van der Waals surface area contributed by atoms with Crippen LogP contribution < -0.4 is 0 Å². The molecular weight excluding hydrogens is 227 g/mol. The maximum absolute atomic E-state index is 3.25. The van der Waals surface area contributed by atoms with Crippen molar-refractivity contribution in [3.8, 4) is 0 Å². The monoisotopic (exact) mass is 242 g/mol. The Balaban J connectivity index is 0. The van der Waals surface area contributed by atoms with Crippen molar-refractivity contribution in [2.24, 2.45) is 0 Å². The molecule has 0 saturated heterocycles. The van der Waals surface area contributed by atoms with Crippen molar-refractivity contribution in [3.63, 3.8) is 0 Å². The molecular formula is C14H15Co. The molecule has 15 heavy (non-hydrogen) atoms. The van der Waals surface area contributed by atoms with Crippen molar-refractivity contribution in [1.29, 1.82) is 0 Å². The van der Waals surface area contributed by atoms with Crippen LogP contribution in [0.3, 0.4) is 0 Å². The first kappa shape index (κ1) is 16.4. The Kier molecular flexibility index (Phi) is 16.8. The Labute approximate surface area is 104 Å². The summed E-state index contributed by atoms with van der Waals surface area (Å²) in [6.07, 6.45) is 0. The van der Waals surface area contributed by atoms with E-state index in [1.165, 1.54) is 0 Å². The zero-order valence-corrected chi connectivity index (χ0v) is 9.85. The van der Waals surface area contributed by atoms with Crippen LogP contribution in [0.4, 0.5) is 0 Å². The number of benzene rings is 2. The van der Waals surface area contributed by atoms with Gasteiger partial charge in [0.05, 0.1) is 0 Å². The van der Waals surface area contributed by atoms with Gasteiger partial charge in [0, 0.05) is 0 Å². The molecule has 0 amide bonds. The second-order valence-electron chi connectivity index (χ2n) is 2.15. The van der Waals surface area contributed by atoms with E-state index in [9.17, 15) is 0 Å². The van der Waals surface area contributed by atoms with Crippen molar-refractivity contribution >= 4 is 0 Å². The maximum atomic E-state index is 3.25. The molecule has 1 heteroatoms. The van der Waals surface area contributed by atoms with Gasteiger partial charge in [0.15, 0.2) is 0 Å². The summed E-state index contributed by atoms with van der Waals surface area (Å²) in [7, 11) is 0. The molecule has 0 heterocycles. The minimum atomic E-state index is 0. The summed E-state index contributed by atoms with van der Waals surface area (Å²) in [6, 6.07) is 25.0. The van der Waals surface area contributed by atoms with E-state index in [0.29, 0.717) is 0 Å². The van der Waals surface area contributed by atoms with E-state index in [0.717, 1.165) is 0 Å². The molecule has 0 spiro atoms. The maximum Gasteiger partial charge on any atom is 3.00 e. The standard InChI is InChI=1S/2C6H5.C2H5.Co/c2*1-2-4-6-5-3-1;1-2;/h2*1-5H;1H2,2H3;/q3*-1;+3.